The predicted molar refractivity (Wildman–Crippen MR) is 110 cm³/mol. The SMILES string of the molecule is CC1=C2c3c(c(Br)cc(c3-c3cccc4ccccc34)[Si]2(C)C)C1. The zero-order valence-corrected chi connectivity index (χ0v) is 16.8. The third-order valence-electron chi connectivity index (χ3n) is 5.86. The molecule has 0 spiro atoms. The zero-order valence-electron chi connectivity index (χ0n) is 14.2. The Hall–Kier alpha value is -1.64. The van der Waals surface area contributed by atoms with Crippen LogP contribution in [-0.4, -0.2) is 8.07 Å². The molecule has 1 aliphatic carbocycles. The van der Waals surface area contributed by atoms with Crippen molar-refractivity contribution in [2.24, 2.45) is 0 Å². The van der Waals surface area contributed by atoms with E-state index >= 15 is 0 Å². The molecule has 24 heavy (non-hydrogen) atoms. The first kappa shape index (κ1) is 14.7. The smallest absolute Gasteiger partial charge is 0.0686 e. The highest BCUT2D eigenvalue weighted by atomic mass is 79.9. The fourth-order valence-corrected chi connectivity index (χ4v) is 9.40. The van der Waals surface area contributed by atoms with Crippen LogP contribution in [0, 0.1) is 0 Å². The normalized spacial score (nSPS) is 17.2. The number of fused-ring (bicyclic) bond motifs is 2. The first-order chi connectivity index (χ1) is 11.5. The van der Waals surface area contributed by atoms with Crippen LogP contribution in [0.2, 0.25) is 13.1 Å². The van der Waals surface area contributed by atoms with Crippen molar-refractivity contribution in [1.29, 1.82) is 0 Å². The zero-order chi connectivity index (χ0) is 16.6. The van der Waals surface area contributed by atoms with Gasteiger partial charge in [-0.15, -0.1) is 0 Å². The number of halogens is 1. The average molecular weight is 391 g/mol. The summed E-state index contributed by atoms with van der Waals surface area (Å²) < 4.78 is 1.31. The number of benzene rings is 3. The number of allylic oxidation sites excluding steroid dienone is 1. The van der Waals surface area contributed by atoms with Crippen molar-refractivity contribution >= 4 is 45.2 Å². The Labute approximate surface area is 152 Å². The second-order valence-corrected chi connectivity index (χ2v) is 12.8. The van der Waals surface area contributed by atoms with Crippen LogP contribution < -0.4 is 5.19 Å². The Balaban J connectivity index is 1.96. The molecule has 3 aromatic carbocycles. The molecule has 118 valence electrons. The lowest BCUT2D eigenvalue weighted by molar-refractivity contribution is 1.18. The Bertz CT molecular complexity index is 1070. The molecule has 0 radical (unpaired) electrons. The summed E-state index contributed by atoms with van der Waals surface area (Å²) in [5.41, 5.74) is 7.59. The second-order valence-electron chi connectivity index (χ2n) is 7.62. The summed E-state index contributed by atoms with van der Waals surface area (Å²) >= 11 is 3.86. The van der Waals surface area contributed by atoms with Crippen molar-refractivity contribution in [3.63, 3.8) is 0 Å². The maximum atomic E-state index is 3.86. The minimum absolute atomic E-state index is 1.11. The van der Waals surface area contributed by atoms with Gasteiger partial charge in [0.1, 0.15) is 8.07 Å². The third-order valence-corrected chi connectivity index (χ3v) is 10.2. The van der Waals surface area contributed by atoms with Crippen LogP contribution in [0.3, 0.4) is 0 Å². The molecule has 0 N–H and O–H groups in total. The Kier molecular flexibility index (Phi) is 2.88. The molecule has 0 fully saturated rings. The molecule has 1 aliphatic heterocycles. The molecule has 0 nitrogen and oxygen atoms in total. The molecule has 0 saturated heterocycles. The van der Waals surface area contributed by atoms with E-state index in [1.807, 2.05) is 0 Å². The standard InChI is InChI=1S/C22H19BrSi/c1-13-11-17-18(23)12-19-20(21(17)22(13)24(19,2)3)16-10-6-8-14-7-4-5-9-15(14)16/h4-10,12H,11H2,1-3H3. The second kappa shape index (κ2) is 4.71. The van der Waals surface area contributed by atoms with Crippen LogP contribution in [0.15, 0.2) is 58.6 Å². The van der Waals surface area contributed by atoms with Gasteiger partial charge in [-0.1, -0.05) is 77.1 Å². The monoisotopic (exact) mass is 390 g/mol. The largest absolute Gasteiger partial charge is 0.113 e. The molecule has 2 heteroatoms. The van der Waals surface area contributed by atoms with Gasteiger partial charge in [0.05, 0.1) is 0 Å². The molecule has 0 amide bonds. The molecule has 3 aromatic rings. The maximum absolute atomic E-state index is 3.86. The predicted octanol–water partition coefficient (Wildman–Crippen LogP) is 6.07. The van der Waals surface area contributed by atoms with E-state index in [0.717, 1.165) is 6.42 Å². The molecule has 2 aliphatic rings. The van der Waals surface area contributed by atoms with Gasteiger partial charge in [-0.25, -0.2) is 0 Å². The topological polar surface area (TPSA) is 0 Å². The van der Waals surface area contributed by atoms with E-state index in [-0.39, 0.29) is 0 Å². The van der Waals surface area contributed by atoms with Gasteiger partial charge in [-0.3, -0.25) is 0 Å². The molecular formula is C22H19BrSi. The lowest BCUT2D eigenvalue weighted by Crippen LogP contribution is -2.39. The van der Waals surface area contributed by atoms with Gasteiger partial charge in [0, 0.05) is 4.47 Å². The fourth-order valence-electron chi connectivity index (χ4n) is 4.90. The van der Waals surface area contributed by atoms with Crippen molar-refractivity contribution in [2.75, 3.05) is 0 Å². The van der Waals surface area contributed by atoms with Gasteiger partial charge in [0.15, 0.2) is 0 Å². The minimum atomic E-state index is -1.60. The number of hydrogen-bond acceptors (Lipinski definition) is 0. The molecule has 0 atom stereocenters. The highest BCUT2D eigenvalue weighted by molar-refractivity contribution is 9.10. The summed E-state index contributed by atoms with van der Waals surface area (Å²) in [4.78, 5) is 0. The van der Waals surface area contributed by atoms with Crippen molar-refractivity contribution in [2.45, 2.75) is 26.4 Å². The Morgan fingerprint density at radius 3 is 2.54 bits per heavy atom. The number of hydrogen-bond donors (Lipinski definition) is 0. The van der Waals surface area contributed by atoms with E-state index in [1.165, 1.54) is 31.9 Å². The van der Waals surface area contributed by atoms with E-state index in [4.69, 9.17) is 0 Å². The highest BCUT2D eigenvalue weighted by Crippen LogP contribution is 2.52. The van der Waals surface area contributed by atoms with E-state index in [0.29, 0.717) is 0 Å². The Morgan fingerprint density at radius 1 is 0.958 bits per heavy atom. The van der Waals surface area contributed by atoms with Crippen LogP contribution in [0.25, 0.3) is 27.1 Å². The molecular weight excluding hydrogens is 372 g/mol. The molecule has 2 bridgehead atoms. The summed E-state index contributed by atoms with van der Waals surface area (Å²) in [5, 5.41) is 6.00. The van der Waals surface area contributed by atoms with Gasteiger partial charge < -0.3 is 0 Å². The Morgan fingerprint density at radius 2 is 1.71 bits per heavy atom. The van der Waals surface area contributed by atoms with Gasteiger partial charge in [-0.2, -0.15) is 0 Å². The van der Waals surface area contributed by atoms with Gasteiger partial charge in [0.2, 0.25) is 0 Å². The molecule has 0 saturated carbocycles. The molecule has 0 unspecified atom stereocenters. The molecule has 1 heterocycles. The number of rotatable bonds is 1. The first-order valence-corrected chi connectivity index (χ1v) is 12.3. The third kappa shape index (κ3) is 1.68. The van der Waals surface area contributed by atoms with Gasteiger partial charge >= 0.3 is 0 Å². The summed E-state index contributed by atoms with van der Waals surface area (Å²) in [5.74, 6) is 0. The average Bonchev–Trinajstić information content (AvgIpc) is 3.00. The molecule has 5 rings (SSSR count). The van der Waals surface area contributed by atoms with Crippen molar-refractivity contribution in [1.82, 2.24) is 0 Å². The van der Waals surface area contributed by atoms with E-state index in [9.17, 15) is 0 Å². The van der Waals surface area contributed by atoms with E-state index < -0.39 is 8.07 Å². The fraction of sp³-hybridized carbons (Fsp3) is 0.182. The van der Waals surface area contributed by atoms with Crippen molar-refractivity contribution in [3.05, 3.63) is 69.7 Å². The van der Waals surface area contributed by atoms with E-state index in [1.54, 1.807) is 21.5 Å². The van der Waals surface area contributed by atoms with Crippen LogP contribution in [0.5, 0.6) is 0 Å². The van der Waals surface area contributed by atoms with Crippen molar-refractivity contribution < 1.29 is 0 Å². The van der Waals surface area contributed by atoms with Crippen LogP contribution in [-0.2, 0) is 6.42 Å². The van der Waals surface area contributed by atoms with Gasteiger partial charge in [-0.05, 0) is 62.8 Å². The maximum Gasteiger partial charge on any atom is 0.113 e. The van der Waals surface area contributed by atoms with Gasteiger partial charge in [0.25, 0.3) is 0 Å². The van der Waals surface area contributed by atoms with Crippen molar-refractivity contribution in [3.8, 4) is 11.1 Å². The summed E-state index contributed by atoms with van der Waals surface area (Å²) in [6.45, 7) is 7.38. The van der Waals surface area contributed by atoms with E-state index in [2.05, 4.69) is 84.5 Å². The van der Waals surface area contributed by atoms with Crippen LogP contribution >= 0.6 is 15.9 Å². The quantitative estimate of drug-likeness (QED) is 0.442. The summed E-state index contributed by atoms with van der Waals surface area (Å²) in [7, 11) is -1.60. The highest BCUT2D eigenvalue weighted by Gasteiger charge is 2.46. The molecule has 0 aromatic heterocycles. The lowest BCUT2D eigenvalue weighted by Gasteiger charge is -2.21. The lowest BCUT2D eigenvalue weighted by atomic mass is 9.93. The van der Waals surface area contributed by atoms with Crippen LogP contribution in [0.4, 0.5) is 0 Å². The minimum Gasteiger partial charge on any atom is -0.0686 e. The first-order valence-electron chi connectivity index (χ1n) is 8.54. The van der Waals surface area contributed by atoms with Crippen LogP contribution in [0.1, 0.15) is 18.1 Å². The summed E-state index contributed by atoms with van der Waals surface area (Å²) in [6.07, 6.45) is 1.11. The summed E-state index contributed by atoms with van der Waals surface area (Å²) in [6, 6.07) is 18.0.